The minimum absolute atomic E-state index is 0.247. The summed E-state index contributed by atoms with van der Waals surface area (Å²) in [6.07, 6.45) is 0.650. The monoisotopic (exact) mass is 356 g/mol. The number of hydrogen-bond donors (Lipinski definition) is 1. The first-order valence-corrected chi connectivity index (χ1v) is 8.86. The molecule has 1 fully saturated rings. The largest absolute Gasteiger partial charge is 0.494 e. The van der Waals surface area contributed by atoms with Crippen molar-refractivity contribution in [2.45, 2.75) is 59.2 Å². The summed E-state index contributed by atoms with van der Waals surface area (Å²) in [4.78, 5) is 16.6. The van der Waals surface area contributed by atoms with Gasteiger partial charge in [-0.25, -0.2) is 4.98 Å². The molecule has 1 aromatic heterocycles. The molecule has 26 heavy (non-hydrogen) atoms. The number of carbonyl (C=O) groups is 1. The zero-order chi connectivity index (χ0) is 19.1. The van der Waals surface area contributed by atoms with Gasteiger partial charge in [0.05, 0.1) is 16.9 Å². The molecule has 1 aliphatic rings. The summed E-state index contributed by atoms with van der Waals surface area (Å²) in [7, 11) is -0.423. The van der Waals surface area contributed by atoms with Crippen LogP contribution in [0.5, 0.6) is 0 Å². The normalized spacial score (nSPS) is 18.2. The zero-order valence-electron chi connectivity index (χ0n) is 16.2. The van der Waals surface area contributed by atoms with Crippen LogP contribution < -0.4 is 10.8 Å². The Morgan fingerprint density at radius 2 is 1.69 bits per heavy atom. The van der Waals surface area contributed by atoms with Crippen molar-refractivity contribution in [3.63, 3.8) is 0 Å². The van der Waals surface area contributed by atoms with Crippen LogP contribution in [0.4, 0.5) is 5.69 Å². The molecule has 7 heteroatoms. The van der Waals surface area contributed by atoms with Crippen molar-refractivity contribution < 1.29 is 18.5 Å². The van der Waals surface area contributed by atoms with Crippen LogP contribution in [0, 0.1) is 6.92 Å². The molecule has 0 bridgehead atoms. The minimum Gasteiger partial charge on any atom is -0.435 e. The van der Waals surface area contributed by atoms with E-state index in [1.54, 1.807) is 6.92 Å². The van der Waals surface area contributed by atoms with Crippen molar-refractivity contribution in [3.05, 3.63) is 41.6 Å². The molecule has 3 rings (SSSR count). The molecule has 1 amide bonds. The summed E-state index contributed by atoms with van der Waals surface area (Å²) < 4.78 is 17.6. The van der Waals surface area contributed by atoms with Gasteiger partial charge in [-0.2, -0.15) is 0 Å². The topological polar surface area (TPSA) is 73.6 Å². The van der Waals surface area contributed by atoms with Gasteiger partial charge in [-0.3, -0.25) is 4.79 Å². The summed E-state index contributed by atoms with van der Waals surface area (Å²) in [6, 6.07) is 7.43. The molecule has 2 aromatic rings. The number of carbonyl (C=O) groups excluding carboxylic acids is 1. The lowest BCUT2D eigenvalue weighted by molar-refractivity contribution is 0.00578. The third kappa shape index (κ3) is 3.41. The van der Waals surface area contributed by atoms with Crippen LogP contribution in [0.25, 0.3) is 0 Å². The molecule has 1 aliphatic heterocycles. The molecule has 0 spiro atoms. The van der Waals surface area contributed by atoms with Gasteiger partial charge in [0.25, 0.3) is 5.91 Å². The van der Waals surface area contributed by atoms with E-state index in [-0.39, 0.29) is 22.9 Å². The van der Waals surface area contributed by atoms with Gasteiger partial charge >= 0.3 is 7.12 Å². The Morgan fingerprint density at radius 1 is 1.12 bits per heavy atom. The summed E-state index contributed by atoms with van der Waals surface area (Å²) in [5, 5.41) is 2.83. The average molecular weight is 356 g/mol. The van der Waals surface area contributed by atoms with Gasteiger partial charge < -0.3 is 19.0 Å². The van der Waals surface area contributed by atoms with E-state index in [0.29, 0.717) is 23.7 Å². The Balaban J connectivity index is 1.70. The molecule has 138 valence electrons. The van der Waals surface area contributed by atoms with Gasteiger partial charge in [-0.15, -0.1) is 0 Å². The predicted molar refractivity (Wildman–Crippen MR) is 101 cm³/mol. The second-order valence-corrected chi connectivity index (χ2v) is 7.54. The van der Waals surface area contributed by atoms with Crippen LogP contribution in [-0.2, 0) is 15.7 Å². The molecule has 0 radical (unpaired) electrons. The molecule has 2 heterocycles. The second-order valence-electron chi connectivity index (χ2n) is 7.54. The van der Waals surface area contributed by atoms with Gasteiger partial charge in [0.2, 0.25) is 5.76 Å². The van der Waals surface area contributed by atoms with Gasteiger partial charge in [-0.1, -0.05) is 19.1 Å². The van der Waals surface area contributed by atoms with Crippen molar-refractivity contribution in [3.8, 4) is 0 Å². The Labute approximate surface area is 154 Å². The van der Waals surface area contributed by atoms with E-state index < -0.39 is 7.12 Å². The van der Waals surface area contributed by atoms with Gasteiger partial charge in [0, 0.05) is 12.1 Å². The summed E-state index contributed by atoms with van der Waals surface area (Å²) in [5.74, 6) is 0.499. The fourth-order valence-corrected chi connectivity index (χ4v) is 2.70. The maximum Gasteiger partial charge on any atom is 0.494 e. The summed E-state index contributed by atoms with van der Waals surface area (Å²) in [5.41, 5.74) is 1.40. The highest BCUT2D eigenvalue weighted by atomic mass is 16.7. The van der Waals surface area contributed by atoms with Crippen LogP contribution in [-0.4, -0.2) is 29.2 Å². The Kier molecular flexibility index (Phi) is 4.71. The molecule has 6 nitrogen and oxygen atoms in total. The van der Waals surface area contributed by atoms with Crippen LogP contribution in [0.2, 0.25) is 0 Å². The molecule has 0 saturated carbocycles. The molecule has 0 atom stereocenters. The number of hydrogen-bond acceptors (Lipinski definition) is 5. The van der Waals surface area contributed by atoms with Crippen LogP contribution in [0.3, 0.4) is 0 Å². The first-order valence-electron chi connectivity index (χ1n) is 8.86. The number of amides is 1. The van der Waals surface area contributed by atoms with Crippen LogP contribution in [0.15, 0.2) is 28.7 Å². The fraction of sp³-hybridized carbons (Fsp3) is 0.474. The first kappa shape index (κ1) is 18.7. The van der Waals surface area contributed by atoms with E-state index in [9.17, 15) is 4.79 Å². The minimum atomic E-state index is -0.423. The molecule has 1 N–H and O–H groups in total. The van der Waals surface area contributed by atoms with Gasteiger partial charge in [0.15, 0.2) is 5.89 Å². The van der Waals surface area contributed by atoms with Crippen molar-refractivity contribution in [2.24, 2.45) is 0 Å². The Bertz CT molecular complexity index is 795. The molecule has 1 aromatic carbocycles. The van der Waals surface area contributed by atoms with Crippen molar-refractivity contribution in [1.82, 2.24) is 4.98 Å². The quantitative estimate of drug-likeness (QED) is 0.853. The number of aromatic nitrogens is 1. The third-order valence-corrected chi connectivity index (χ3v) is 5.04. The molecular weight excluding hydrogens is 331 g/mol. The first-order chi connectivity index (χ1) is 12.1. The van der Waals surface area contributed by atoms with E-state index in [0.717, 1.165) is 5.46 Å². The molecule has 0 aliphatic carbocycles. The summed E-state index contributed by atoms with van der Waals surface area (Å²) >= 11 is 0. The van der Waals surface area contributed by atoms with Crippen molar-refractivity contribution in [1.29, 1.82) is 0 Å². The maximum absolute atomic E-state index is 12.4. The van der Waals surface area contributed by atoms with Crippen LogP contribution in [0.1, 0.15) is 56.8 Å². The number of oxazole rings is 1. The number of benzene rings is 1. The van der Waals surface area contributed by atoms with Gasteiger partial charge in [0.1, 0.15) is 0 Å². The average Bonchev–Trinajstić information content (AvgIpc) is 3.05. The Hall–Kier alpha value is -2.12. The van der Waals surface area contributed by atoms with E-state index in [2.05, 4.69) is 10.3 Å². The van der Waals surface area contributed by atoms with E-state index in [1.165, 1.54) is 0 Å². The zero-order valence-corrected chi connectivity index (χ0v) is 16.2. The van der Waals surface area contributed by atoms with Gasteiger partial charge in [-0.05, 0) is 52.2 Å². The predicted octanol–water partition coefficient (Wildman–Crippen LogP) is 3.10. The number of aryl methyl sites for hydroxylation is 2. The smallest absolute Gasteiger partial charge is 0.435 e. The van der Waals surface area contributed by atoms with Crippen molar-refractivity contribution >= 4 is 24.2 Å². The SMILES string of the molecule is CCc1nc(C)c(C(=O)Nc2ccc(B3OC(C)(C)C(C)(C)O3)cc2)o1. The highest BCUT2D eigenvalue weighted by molar-refractivity contribution is 6.62. The standard InChI is InChI=1S/C19H25BN2O4/c1-7-15-21-12(2)16(24-15)17(23)22-14-10-8-13(9-11-14)20-25-18(3,4)19(5,6)26-20/h8-11H,7H2,1-6H3,(H,22,23). The fourth-order valence-electron chi connectivity index (χ4n) is 2.70. The summed E-state index contributed by atoms with van der Waals surface area (Å²) in [6.45, 7) is 11.8. The lowest BCUT2D eigenvalue weighted by Gasteiger charge is -2.32. The molecule has 0 unspecified atom stereocenters. The van der Waals surface area contributed by atoms with Crippen molar-refractivity contribution in [2.75, 3.05) is 5.32 Å². The second kappa shape index (κ2) is 6.56. The number of rotatable bonds is 4. The molecule has 1 saturated heterocycles. The number of nitrogens with one attached hydrogen (secondary N) is 1. The third-order valence-electron chi connectivity index (χ3n) is 5.04. The van der Waals surface area contributed by atoms with Crippen LogP contribution >= 0.6 is 0 Å². The maximum atomic E-state index is 12.4. The number of nitrogens with zero attached hydrogens (tertiary/aromatic N) is 1. The highest BCUT2D eigenvalue weighted by Crippen LogP contribution is 2.36. The molecular formula is C19H25BN2O4. The van der Waals surface area contributed by atoms with E-state index in [1.807, 2.05) is 58.9 Å². The van der Waals surface area contributed by atoms with E-state index >= 15 is 0 Å². The van der Waals surface area contributed by atoms with E-state index in [4.69, 9.17) is 13.7 Å². The Morgan fingerprint density at radius 3 is 2.19 bits per heavy atom. The lowest BCUT2D eigenvalue weighted by Crippen LogP contribution is -2.41. The highest BCUT2D eigenvalue weighted by Gasteiger charge is 2.51. The lowest BCUT2D eigenvalue weighted by atomic mass is 9.79. The number of anilines is 1.